The van der Waals surface area contributed by atoms with Gasteiger partial charge in [0.15, 0.2) is 0 Å². The molecule has 2 aromatic carbocycles. The van der Waals surface area contributed by atoms with Crippen molar-refractivity contribution in [2.24, 2.45) is 5.92 Å². The molecule has 0 amide bonds. The lowest BCUT2D eigenvalue weighted by Crippen LogP contribution is -2.15. The summed E-state index contributed by atoms with van der Waals surface area (Å²) in [5.74, 6) is 1.47. The van der Waals surface area contributed by atoms with Crippen molar-refractivity contribution in [2.45, 2.75) is 34.6 Å². The molecule has 0 aliphatic rings. The smallest absolute Gasteiger partial charge is 0.119 e. The molecular weight excluding hydrogens is 296 g/mol. The van der Waals surface area contributed by atoms with Crippen molar-refractivity contribution in [2.75, 3.05) is 30.3 Å². The summed E-state index contributed by atoms with van der Waals surface area (Å²) >= 11 is 0. The second-order valence-corrected chi connectivity index (χ2v) is 6.86. The summed E-state index contributed by atoms with van der Waals surface area (Å²) in [7, 11) is 0. The monoisotopic (exact) mass is 326 g/mol. The molecule has 0 fully saturated rings. The molecule has 130 valence electrons. The van der Waals surface area contributed by atoms with Crippen LogP contribution in [0.2, 0.25) is 0 Å². The maximum atomic E-state index is 5.70. The van der Waals surface area contributed by atoms with Crippen LogP contribution < -0.4 is 15.4 Å². The van der Waals surface area contributed by atoms with Crippen molar-refractivity contribution in [1.82, 2.24) is 0 Å². The summed E-state index contributed by atoms with van der Waals surface area (Å²) < 4.78 is 5.70. The predicted molar refractivity (Wildman–Crippen MR) is 104 cm³/mol. The largest absolute Gasteiger partial charge is 0.493 e. The van der Waals surface area contributed by atoms with E-state index < -0.39 is 0 Å². The lowest BCUT2D eigenvalue weighted by Gasteiger charge is -2.15. The van der Waals surface area contributed by atoms with E-state index in [0.29, 0.717) is 5.92 Å². The number of nitrogens with one attached hydrogen (secondary N) is 2. The highest BCUT2D eigenvalue weighted by atomic mass is 16.5. The minimum atomic E-state index is 0.544. The molecule has 0 aliphatic heterocycles. The van der Waals surface area contributed by atoms with Crippen molar-refractivity contribution in [1.29, 1.82) is 0 Å². The van der Waals surface area contributed by atoms with Gasteiger partial charge in [-0.15, -0.1) is 0 Å². The molecule has 2 aromatic rings. The van der Waals surface area contributed by atoms with E-state index in [1.54, 1.807) is 0 Å². The lowest BCUT2D eigenvalue weighted by atomic mass is 10.1. The van der Waals surface area contributed by atoms with E-state index >= 15 is 0 Å². The maximum absolute atomic E-state index is 5.70. The van der Waals surface area contributed by atoms with Crippen LogP contribution in [0.5, 0.6) is 5.75 Å². The summed E-state index contributed by atoms with van der Waals surface area (Å²) in [6, 6.07) is 12.6. The Morgan fingerprint density at radius 3 is 2.04 bits per heavy atom. The first-order valence-electron chi connectivity index (χ1n) is 8.74. The molecule has 0 saturated carbocycles. The molecule has 3 nitrogen and oxygen atoms in total. The van der Waals surface area contributed by atoms with Gasteiger partial charge in [0.05, 0.1) is 6.61 Å². The molecule has 0 unspecified atom stereocenters. The minimum Gasteiger partial charge on any atom is -0.493 e. The van der Waals surface area contributed by atoms with E-state index in [9.17, 15) is 0 Å². The fourth-order valence-electron chi connectivity index (χ4n) is 2.79. The Labute approximate surface area is 146 Å². The lowest BCUT2D eigenvalue weighted by molar-refractivity contribution is 0.271. The molecule has 0 atom stereocenters. The molecule has 0 spiro atoms. The van der Waals surface area contributed by atoms with Gasteiger partial charge in [-0.2, -0.15) is 0 Å². The second-order valence-electron chi connectivity index (χ2n) is 6.86. The number of ether oxygens (including phenoxy) is 1. The van der Waals surface area contributed by atoms with Gasteiger partial charge in [-0.3, -0.25) is 0 Å². The summed E-state index contributed by atoms with van der Waals surface area (Å²) in [5.41, 5.74) is 6.29. The molecule has 3 heteroatoms. The number of hydrogen-bond acceptors (Lipinski definition) is 3. The zero-order chi connectivity index (χ0) is 17.5. The molecule has 0 bridgehead atoms. The third kappa shape index (κ3) is 5.48. The van der Waals surface area contributed by atoms with E-state index in [0.717, 1.165) is 31.1 Å². The fraction of sp³-hybridized carbons (Fsp3) is 0.429. The summed E-state index contributed by atoms with van der Waals surface area (Å²) in [5, 5.41) is 6.97. The Morgan fingerprint density at radius 2 is 1.46 bits per heavy atom. The Hall–Kier alpha value is -2.16. The first-order valence-corrected chi connectivity index (χ1v) is 8.74. The number of anilines is 2. The SMILES string of the molecule is Cc1cc(C)c(NCCNc2ccc(OCC(C)C)cc2)c(C)c1. The third-order valence-electron chi connectivity index (χ3n) is 3.87. The van der Waals surface area contributed by atoms with Crippen molar-refractivity contribution in [3.05, 3.63) is 53.1 Å². The molecule has 0 saturated heterocycles. The zero-order valence-electron chi connectivity index (χ0n) is 15.6. The minimum absolute atomic E-state index is 0.544. The van der Waals surface area contributed by atoms with Gasteiger partial charge in [0.2, 0.25) is 0 Å². The highest BCUT2D eigenvalue weighted by molar-refractivity contribution is 5.58. The van der Waals surface area contributed by atoms with E-state index in [-0.39, 0.29) is 0 Å². The Kier molecular flexibility index (Phi) is 6.53. The first kappa shape index (κ1) is 18.2. The van der Waals surface area contributed by atoms with Crippen LogP contribution in [0.25, 0.3) is 0 Å². The standard InChI is InChI=1S/C21H30N2O/c1-15(2)14-24-20-8-6-19(7-9-20)22-10-11-23-21-17(4)12-16(3)13-18(21)5/h6-9,12-13,15,22-23H,10-11,14H2,1-5H3. The molecule has 24 heavy (non-hydrogen) atoms. The van der Waals surface area contributed by atoms with Gasteiger partial charge >= 0.3 is 0 Å². The molecule has 0 heterocycles. The highest BCUT2D eigenvalue weighted by Crippen LogP contribution is 2.21. The van der Waals surface area contributed by atoms with Crippen LogP contribution >= 0.6 is 0 Å². The molecule has 2 N–H and O–H groups in total. The first-order chi connectivity index (χ1) is 11.5. The Morgan fingerprint density at radius 1 is 0.875 bits per heavy atom. The molecule has 0 aliphatic carbocycles. The normalized spacial score (nSPS) is 10.8. The van der Waals surface area contributed by atoms with Crippen molar-refractivity contribution >= 4 is 11.4 Å². The van der Waals surface area contributed by atoms with E-state index in [1.807, 2.05) is 12.1 Å². The Balaban J connectivity index is 1.78. The second kappa shape index (κ2) is 8.62. The van der Waals surface area contributed by atoms with Crippen molar-refractivity contribution in [3.63, 3.8) is 0 Å². The number of rotatable bonds is 8. The van der Waals surface area contributed by atoms with Crippen LogP contribution in [0, 0.1) is 26.7 Å². The molecule has 0 radical (unpaired) electrons. The van der Waals surface area contributed by atoms with Gasteiger partial charge in [0.25, 0.3) is 0 Å². The van der Waals surface area contributed by atoms with Gasteiger partial charge in [0, 0.05) is 24.5 Å². The van der Waals surface area contributed by atoms with Crippen molar-refractivity contribution in [3.8, 4) is 5.75 Å². The van der Waals surface area contributed by atoms with E-state index in [4.69, 9.17) is 4.74 Å². The predicted octanol–water partition coefficient (Wildman–Crippen LogP) is 5.17. The molecule has 0 aromatic heterocycles. The van der Waals surface area contributed by atoms with Gasteiger partial charge < -0.3 is 15.4 Å². The highest BCUT2D eigenvalue weighted by Gasteiger charge is 2.03. The quantitative estimate of drug-likeness (QED) is 0.657. The van der Waals surface area contributed by atoms with E-state index in [2.05, 4.69) is 69.5 Å². The van der Waals surface area contributed by atoms with Gasteiger partial charge in [-0.1, -0.05) is 31.5 Å². The number of benzene rings is 2. The zero-order valence-corrected chi connectivity index (χ0v) is 15.6. The summed E-state index contributed by atoms with van der Waals surface area (Å²) in [6.45, 7) is 13.3. The summed E-state index contributed by atoms with van der Waals surface area (Å²) in [6.07, 6.45) is 0. The van der Waals surface area contributed by atoms with E-state index in [1.165, 1.54) is 22.4 Å². The van der Waals surface area contributed by atoms with Crippen LogP contribution in [0.4, 0.5) is 11.4 Å². The van der Waals surface area contributed by atoms with Crippen molar-refractivity contribution < 1.29 is 4.74 Å². The summed E-state index contributed by atoms with van der Waals surface area (Å²) in [4.78, 5) is 0. The van der Waals surface area contributed by atoms with Gasteiger partial charge in [0.1, 0.15) is 5.75 Å². The third-order valence-corrected chi connectivity index (χ3v) is 3.87. The Bertz CT molecular complexity index is 624. The van der Waals surface area contributed by atoms with Crippen LogP contribution in [0.3, 0.4) is 0 Å². The topological polar surface area (TPSA) is 33.3 Å². The van der Waals surface area contributed by atoms with Gasteiger partial charge in [-0.25, -0.2) is 0 Å². The number of aryl methyl sites for hydroxylation is 3. The average Bonchev–Trinajstić information content (AvgIpc) is 2.52. The maximum Gasteiger partial charge on any atom is 0.119 e. The molecule has 2 rings (SSSR count). The average molecular weight is 326 g/mol. The number of hydrogen-bond donors (Lipinski definition) is 2. The van der Waals surface area contributed by atoms with Crippen LogP contribution in [0.15, 0.2) is 36.4 Å². The molecular formula is C21H30N2O. The fourth-order valence-corrected chi connectivity index (χ4v) is 2.79. The van der Waals surface area contributed by atoms with Crippen LogP contribution in [0.1, 0.15) is 30.5 Å². The van der Waals surface area contributed by atoms with Crippen LogP contribution in [-0.2, 0) is 0 Å². The van der Waals surface area contributed by atoms with Crippen LogP contribution in [-0.4, -0.2) is 19.7 Å². The van der Waals surface area contributed by atoms with Gasteiger partial charge in [-0.05, 0) is 62.1 Å².